The Kier molecular flexibility index (Phi) is 6.68. The Balaban J connectivity index is 2.36. The summed E-state index contributed by atoms with van der Waals surface area (Å²) >= 11 is 6.51. The van der Waals surface area contributed by atoms with Crippen molar-refractivity contribution < 1.29 is 9.53 Å². The van der Waals surface area contributed by atoms with Gasteiger partial charge in [-0.05, 0) is 24.1 Å². The average molecular weight is 433 g/mol. The smallest absolute Gasteiger partial charge is 0.407 e. The Hall–Kier alpha value is -3.69. The second-order valence-electron chi connectivity index (χ2n) is 6.66. The van der Waals surface area contributed by atoms with Crippen LogP contribution in [-0.2, 0) is 0 Å². The van der Waals surface area contributed by atoms with Crippen molar-refractivity contribution in [1.29, 1.82) is 5.26 Å². The normalized spacial score (nSPS) is 17.1. The molecule has 1 amide bonds. The minimum atomic E-state index is -0.738. The molecule has 0 bridgehead atoms. The van der Waals surface area contributed by atoms with Crippen LogP contribution in [0.4, 0.5) is 4.79 Å². The summed E-state index contributed by atoms with van der Waals surface area (Å²) in [5.74, 6) is 0.723. The summed E-state index contributed by atoms with van der Waals surface area (Å²) in [6.45, 7) is 9.56. The quantitative estimate of drug-likeness (QED) is 0.257. The molecule has 31 heavy (non-hydrogen) atoms. The van der Waals surface area contributed by atoms with Crippen molar-refractivity contribution in [1.82, 2.24) is 9.88 Å². The summed E-state index contributed by atoms with van der Waals surface area (Å²) < 4.78 is 5.73. The molecule has 0 aliphatic carbocycles. The predicted octanol–water partition coefficient (Wildman–Crippen LogP) is 5.84. The Bertz CT molecular complexity index is 1200. The van der Waals surface area contributed by atoms with Gasteiger partial charge in [-0.25, -0.2) is 9.69 Å². The van der Waals surface area contributed by atoms with Crippen molar-refractivity contribution in [3.63, 3.8) is 0 Å². The molecule has 156 valence electrons. The van der Waals surface area contributed by atoms with Crippen molar-refractivity contribution in [2.45, 2.75) is 19.4 Å². The number of allylic oxidation sites excluding steroid dienone is 3. The van der Waals surface area contributed by atoms with Crippen molar-refractivity contribution in [2.24, 2.45) is 4.99 Å². The monoisotopic (exact) mass is 432 g/mol. The molecule has 0 N–H and O–H groups in total. The van der Waals surface area contributed by atoms with E-state index in [4.69, 9.17) is 16.3 Å². The number of aliphatic imine (C=N–C) groups is 1. The van der Waals surface area contributed by atoms with E-state index in [9.17, 15) is 10.1 Å². The minimum Gasteiger partial charge on any atom is -0.407 e. The molecule has 1 aliphatic rings. The van der Waals surface area contributed by atoms with Gasteiger partial charge in [-0.3, -0.25) is 9.98 Å². The average Bonchev–Trinajstić information content (AvgIpc) is 2.80. The number of nitrogens with zero attached hydrogens (tertiary/aromatic N) is 4. The number of aromatic nitrogens is 1. The number of ether oxygens (including phenoxy) is 1. The number of carbonyl (C=O) groups excluding carboxylic acids is 1. The molecular formula is C24H21ClN4O2. The largest absolute Gasteiger partial charge is 0.421 e. The van der Waals surface area contributed by atoms with Gasteiger partial charge in [0.05, 0.1) is 16.6 Å². The number of pyridine rings is 1. The molecule has 3 rings (SSSR count). The lowest BCUT2D eigenvalue weighted by Crippen LogP contribution is -2.45. The molecular weight excluding hydrogens is 412 g/mol. The van der Waals surface area contributed by atoms with E-state index in [1.165, 1.54) is 11.0 Å². The molecule has 0 saturated carbocycles. The Morgan fingerprint density at radius 1 is 1.45 bits per heavy atom. The van der Waals surface area contributed by atoms with E-state index in [1.54, 1.807) is 19.3 Å². The van der Waals surface area contributed by atoms with Crippen LogP contribution in [0.25, 0.3) is 10.9 Å². The van der Waals surface area contributed by atoms with Crippen molar-refractivity contribution >= 4 is 34.4 Å². The maximum atomic E-state index is 13.2. The van der Waals surface area contributed by atoms with E-state index in [2.05, 4.69) is 23.1 Å². The van der Waals surface area contributed by atoms with Gasteiger partial charge in [0.25, 0.3) is 0 Å². The van der Waals surface area contributed by atoms with Crippen molar-refractivity contribution in [2.75, 3.05) is 7.05 Å². The van der Waals surface area contributed by atoms with Gasteiger partial charge in [-0.2, -0.15) is 5.26 Å². The lowest BCUT2D eigenvalue weighted by Gasteiger charge is -2.37. The fourth-order valence-corrected chi connectivity index (χ4v) is 3.62. The number of halogens is 1. The third kappa shape index (κ3) is 4.00. The van der Waals surface area contributed by atoms with Gasteiger partial charge in [0.1, 0.15) is 17.4 Å². The molecule has 0 fully saturated rings. The predicted molar refractivity (Wildman–Crippen MR) is 123 cm³/mol. The van der Waals surface area contributed by atoms with Crippen LogP contribution in [0.15, 0.2) is 83.0 Å². The Morgan fingerprint density at radius 3 is 2.87 bits per heavy atom. The third-order valence-corrected chi connectivity index (χ3v) is 5.29. The van der Waals surface area contributed by atoms with Gasteiger partial charge in [0.15, 0.2) is 5.75 Å². The molecule has 2 aromatic rings. The van der Waals surface area contributed by atoms with Crippen LogP contribution in [0, 0.1) is 11.3 Å². The fraction of sp³-hybridized carbons (Fsp3) is 0.167. The van der Waals surface area contributed by atoms with E-state index >= 15 is 0 Å². The zero-order chi connectivity index (χ0) is 22.5. The van der Waals surface area contributed by atoms with E-state index in [0.29, 0.717) is 28.2 Å². The first-order valence-corrected chi connectivity index (χ1v) is 9.99. The number of benzene rings is 1. The summed E-state index contributed by atoms with van der Waals surface area (Å²) in [7, 11) is 1.59. The first-order valence-electron chi connectivity index (χ1n) is 9.61. The molecule has 0 saturated heterocycles. The Labute approximate surface area is 186 Å². The van der Waals surface area contributed by atoms with Crippen LogP contribution < -0.4 is 4.74 Å². The van der Waals surface area contributed by atoms with Crippen LogP contribution in [0.5, 0.6) is 5.75 Å². The number of hydrogen-bond donors (Lipinski definition) is 0. The van der Waals surface area contributed by atoms with Gasteiger partial charge in [-0.1, -0.05) is 62.0 Å². The highest BCUT2D eigenvalue weighted by Crippen LogP contribution is 2.45. The maximum absolute atomic E-state index is 13.2. The minimum absolute atomic E-state index is 0.0648. The molecule has 0 spiro atoms. The van der Waals surface area contributed by atoms with Crippen LogP contribution in [0.3, 0.4) is 0 Å². The van der Waals surface area contributed by atoms with Gasteiger partial charge < -0.3 is 4.74 Å². The van der Waals surface area contributed by atoms with E-state index < -0.39 is 12.1 Å². The summed E-state index contributed by atoms with van der Waals surface area (Å²) in [5.41, 5.74) is 1.70. The maximum Gasteiger partial charge on any atom is 0.421 e. The summed E-state index contributed by atoms with van der Waals surface area (Å²) in [4.78, 5) is 23.3. The SMILES string of the molecule is C=C/C(=C(/Cl)C(=C)C#N)C1c2ccc3cccnc3c2OC(=O)N1C(/C=C\CC)=NC. The summed E-state index contributed by atoms with van der Waals surface area (Å²) in [6, 6.07) is 8.65. The standard InChI is InChI=1S/C24H21ClN4O2/c1-5-7-10-19(27-4)29-22(17(6-2)20(25)15(3)14-26)18-12-11-16-9-8-13-28-21(16)23(18)31-24(29)30/h6-13,22H,2-3,5H2,1,4H3/b10-7-,20-17-,27-19?. The second-order valence-corrected chi connectivity index (χ2v) is 7.03. The Morgan fingerprint density at radius 2 is 2.23 bits per heavy atom. The van der Waals surface area contributed by atoms with E-state index in [0.717, 1.165) is 11.8 Å². The molecule has 1 aromatic heterocycles. The van der Waals surface area contributed by atoms with Crippen molar-refractivity contribution in [3.05, 3.63) is 83.6 Å². The molecule has 1 unspecified atom stereocenters. The molecule has 1 atom stereocenters. The van der Waals surface area contributed by atoms with Crippen molar-refractivity contribution in [3.8, 4) is 11.8 Å². The molecule has 0 radical (unpaired) electrons. The summed E-state index contributed by atoms with van der Waals surface area (Å²) in [5, 5.41) is 10.3. The first kappa shape index (κ1) is 22.0. The number of fused-ring (bicyclic) bond motifs is 3. The lowest BCUT2D eigenvalue weighted by molar-refractivity contribution is 0.158. The molecule has 2 heterocycles. The van der Waals surface area contributed by atoms with Crippen LogP contribution in [-0.4, -0.2) is 28.9 Å². The second kappa shape index (κ2) is 9.41. The van der Waals surface area contributed by atoms with Crippen LogP contribution >= 0.6 is 11.6 Å². The van der Waals surface area contributed by atoms with E-state index in [1.807, 2.05) is 43.3 Å². The highest BCUT2D eigenvalue weighted by atomic mass is 35.5. The number of carbonyl (C=O) groups is 1. The fourth-order valence-electron chi connectivity index (χ4n) is 3.40. The van der Waals surface area contributed by atoms with Gasteiger partial charge in [0.2, 0.25) is 0 Å². The molecule has 6 nitrogen and oxygen atoms in total. The van der Waals surface area contributed by atoms with E-state index in [-0.39, 0.29) is 10.6 Å². The van der Waals surface area contributed by atoms with Crippen LogP contribution in [0.1, 0.15) is 24.9 Å². The number of hydrogen-bond acceptors (Lipinski definition) is 5. The zero-order valence-corrected chi connectivity index (χ0v) is 18.1. The number of nitriles is 1. The van der Waals surface area contributed by atoms with Gasteiger partial charge >= 0.3 is 6.09 Å². The first-order chi connectivity index (χ1) is 15.0. The third-order valence-electron chi connectivity index (χ3n) is 4.84. The highest BCUT2D eigenvalue weighted by Gasteiger charge is 2.40. The number of amidine groups is 1. The number of amides is 1. The van der Waals surface area contributed by atoms with Gasteiger partial charge in [0, 0.05) is 24.2 Å². The molecule has 1 aliphatic heterocycles. The van der Waals surface area contributed by atoms with Crippen LogP contribution in [0.2, 0.25) is 0 Å². The highest BCUT2D eigenvalue weighted by molar-refractivity contribution is 6.33. The number of rotatable bonds is 5. The van der Waals surface area contributed by atoms with Gasteiger partial charge in [-0.15, -0.1) is 0 Å². The lowest BCUT2D eigenvalue weighted by atomic mass is 9.92. The zero-order valence-electron chi connectivity index (χ0n) is 17.3. The topological polar surface area (TPSA) is 78.6 Å². The molecule has 1 aromatic carbocycles. The summed E-state index contributed by atoms with van der Waals surface area (Å²) in [6.07, 6.45) is 6.90. The molecule has 7 heteroatoms.